The fourth-order valence-electron chi connectivity index (χ4n) is 8.83. The van der Waals surface area contributed by atoms with E-state index >= 15 is 0 Å². The van der Waals surface area contributed by atoms with E-state index in [0.717, 1.165) is 61.6 Å². The monoisotopic (exact) mass is 765 g/mol. The summed E-state index contributed by atoms with van der Waals surface area (Å²) in [6, 6.07) is 84.6. The quantitative estimate of drug-likeness (QED) is 0.153. The summed E-state index contributed by atoms with van der Waals surface area (Å²) < 4.78 is 6.70. The van der Waals surface area contributed by atoms with Crippen molar-refractivity contribution in [3.8, 4) is 55.8 Å². The van der Waals surface area contributed by atoms with Gasteiger partial charge in [0.1, 0.15) is 11.3 Å². The van der Waals surface area contributed by atoms with Gasteiger partial charge in [-0.15, -0.1) is 0 Å². The highest BCUT2D eigenvalue weighted by molar-refractivity contribution is 6.04. The molecular weight excluding hydrogens is 727 g/mol. The lowest BCUT2D eigenvalue weighted by atomic mass is 9.93. The second-order valence-corrected chi connectivity index (χ2v) is 15.2. The van der Waals surface area contributed by atoms with E-state index in [4.69, 9.17) is 4.42 Å². The van der Waals surface area contributed by atoms with Crippen LogP contribution in [0.3, 0.4) is 0 Å². The summed E-state index contributed by atoms with van der Waals surface area (Å²) in [4.78, 5) is 2.35. The Morgan fingerprint density at radius 1 is 0.267 bits per heavy atom. The van der Waals surface area contributed by atoms with E-state index in [1.807, 2.05) is 6.07 Å². The van der Waals surface area contributed by atoms with Crippen LogP contribution in [0.25, 0.3) is 88.3 Å². The lowest BCUT2D eigenvalue weighted by Crippen LogP contribution is -2.09. The Labute approximate surface area is 349 Å². The Morgan fingerprint density at radius 3 is 1.22 bits per heavy atom. The van der Waals surface area contributed by atoms with Crippen LogP contribution in [-0.2, 0) is 0 Å². The van der Waals surface area contributed by atoms with Crippen molar-refractivity contribution in [2.75, 3.05) is 4.90 Å². The summed E-state index contributed by atoms with van der Waals surface area (Å²) in [6.45, 7) is 0. The third kappa shape index (κ3) is 6.32. The molecule has 0 bridgehead atoms. The Balaban J connectivity index is 1.00. The SMILES string of the molecule is c1ccc(-c2c(-c3ccccc3-c3ccc(N(c4ccc(-c5cccc6ccccc56)cc4)c4ccc(-c5cccc6ccccc56)cc4)cc3)oc3ccccc23)cc1. The maximum atomic E-state index is 6.70. The molecule has 0 saturated heterocycles. The van der Waals surface area contributed by atoms with Gasteiger partial charge in [-0.3, -0.25) is 0 Å². The van der Waals surface area contributed by atoms with Crippen LogP contribution in [0.15, 0.2) is 241 Å². The molecule has 1 aromatic heterocycles. The van der Waals surface area contributed by atoms with Gasteiger partial charge in [0.05, 0.1) is 0 Å². The fourth-order valence-corrected chi connectivity index (χ4v) is 8.83. The largest absolute Gasteiger partial charge is 0.455 e. The maximum absolute atomic E-state index is 6.70. The highest BCUT2D eigenvalue weighted by Crippen LogP contribution is 2.45. The molecule has 2 heteroatoms. The van der Waals surface area contributed by atoms with Crippen LogP contribution in [0, 0.1) is 0 Å². The average Bonchev–Trinajstić information content (AvgIpc) is 3.72. The summed E-state index contributed by atoms with van der Waals surface area (Å²) in [5.41, 5.74) is 14.5. The van der Waals surface area contributed by atoms with E-state index in [1.165, 1.54) is 43.8 Å². The second-order valence-electron chi connectivity index (χ2n) is 15.2. The van der Waals surface area contributed by atoms with Crippen molar-refractivity contribution in [3.63, 3.8) is 0 Å². The first-order valence-electron chi connectivity index (χ1n) is 20.5. The Kier molecular flexibility index (Phi) is 8.87. The van der Waals surface area contributed by atoms with Gasteiger partial charge in [-0.1, -0.05) is 194 Å². The summed E-state index contributed by atoms with van der Waals surface area (Å²) >= 11 is 0. The van der Waals surface area contributed by atoms with Crippen LogP contribution in [0.2, 0.25) is 0 Å². The zero-order valence-corrected chi connectivity index (χ0v) is 32.9. The van der Waals surface area contributed by atoms with Crippen LogP contribution < -0.4 is 4.90 Å². The lowest BCUT2D eigenvalue weighted by molar-refractivity contribution is 0.632. The van der Waals surface area contributed by atoms with Gasteiger partial charge < -0.3 is 9.32 Å². The summed E-state index contributed by atoms with van der Waals surface area (Å²) in [6.07, 6.45) is 0. The molecule has 282 valence electrons. The molecule has 0 spiro atoms. The molecule has 10 aromatic carbocycles. The molecule has 0 aliphatic heterocycles. The van der Waals surface area contributed by atoms with Crippen LogP contribution in [0.5, 0.6) is 0 Å². The molecule has 0 unspecified atom stereocenters. The molecule has 0 aliphatic carbocycles. The normalized spacial score (nSPS) is 11.3. The van der Waals surface area contributed by atoms with Crippen molar-refractivity contribution >= 4 is 49.6 Å². The number of rotatable bonds is 8. The van der Waals surface area contributed by atoms with Crippen LogP contribution in [0.1, 0.15) is 0 Å². The number of fused-ring (bicyclic) bond motifs is 3. The van der Waals surface area contributed by atoms with E-state index < -0.39 is 0 Å². The van der Waals surface area contributed by atoms with Crippen molar-refractivity contribution < 1.29 is 4.42 Å². The zero-order valence-electron chi connectivity index (χ0n) is 32.9. The van der Waals surface area contributed by atoms with Crippen molar-refractivity contribution in [1.29, 1.82) is 0 Å². The van der Waals surface area contributed by atoms with E-state index in [1.54, 1.807) is 0 Å². The van der Waals surface area contributed by atoms with Crippen molar-refractivity contribution in [2.24, 2.45) is 0 Å². The predicted octanol–water partition coefficient (Wildman–Crippen LogP) is 16.5. The molecule has 11 aromatic rings. The highest BCUT2D eigenvalue weighted by Gasteiger charge is 2.21. The minimum Gasteiger partial charge on any atom is -0.455 e. The minimum atomic E-state index is 0.876. The number of benzene rings is 10. The van der Waals surface area contributed by atoms with Gasteiger partial charge in [-0.05, 0) is 103 Å². The van der Waals surface area contributed by atoms with Crippen molar-refractivity contribution in [2.45, 2.75) is 0 Å². The number of para-hydroxylation sites is 1. The standard InChI is InChI=1S/C58H39NO/c1-2-16-45(17-3-1)57-55-24-10-11-27-56(55)60-58(57)54-23-9-8-22-53(54)44-32-38-48(39-33-44)59(46-34-28-42(29-35-46)51-25-12-18-40-14-4-6-20-49(40)51)47-36-30-43(31-37-47)52-26-13-19-41-15-5-7-21-50(41)52/h1-39H. The van der Waals surface area contributed by atoms with E-state index in [-0.39, 0.29) is 0 Å². The van der Waals surface area contributed by atoms with Crippen LogP contribution in [0.4, 0.5) is 17.1 Å². The van der Waals surface area contributed by atoms with E-state index in [2.05, 4.69) is 235 Å². The molecule has 1 heterocycles. The molecule has 60 heavy (non-hydrogen) atoms. The molecule has 0 saturated carbocycles. The topological polar surface area (TPSA) is 16.4 Å². The summed E-state index contributed by atoms with van der Waals surface area (Å²) in [5.74, 6) is 0.876. The van der Waals surface area contributed by atoms with Gasteiger partial charge in [0, 0.05) is 33.6 Å². The molecule has 0 N–H and O–H groups in total. The highest BCUT2D eigenvalue weighted by atomic mass is 16.3. The van der Waals surface area contributed by atoms with Crippen LogP contribution >= 0.6 is 0 Å². The molecule has 0 aliphatic rings. The second kappa shape index (κ2) is 15.1. The van der Waals surface area contributed by atoms with Crippen LogP contribution in [-0.4, -0.2) is 0 Å². The molecular formula is C58H39NO. The first kappa shape index (κ1) is 35.2. The fraction of sp³-hybridized carbons (Fsp3) is 0. The van der Waals surface area contributed by atoms with Gasteiger partial charge in [-0.25, -0.2) is 0 Å². The minimum absolute atomic E-state index is 0.876. The summed E-state index contributed by atoms with van der Waals surface area (Å²) in [5, 5.41) is 6.10. The average molecular weight is 766 g/mol. The van der Waals surface area contributed by atoms with Gasteiger partial charge in [-0.2, -0.15) is 0 Å². The number of hydrogen-bond donors (Lipinski definition) is 0. The maximum Gasteiger partial charge on any atom is 0.143 e. The molecule has 0 amide bonds. The Morgan fingerprint density at radius 2 is 0.667 bits per heavy atom. The van der Waals surface area contributed by atoms with E-state index in [0.29, 0.717) is 0 Å². The van der Waals surface area contributed by atoms with Gasteiger partial charge in [0.25, 0.3) is 0 Å². The Bertz CT molecular complexity index is 3150. The first-order chi connectivity index (χ1) is 29.8. The van der Waals surface area contributed by atoms with Gasteiger partial charge >= 0.3 is 0 Å². The third-order valence-corrected chi connectivity index (χ3v) is 11.7. The number of anilines is 3. The smallest absolute Gasteiger partial charge is 0.143 e. The van der Waals surface area contributed by atoms with Gasteiger partial charge in [0.2, 0.25) is 0 Å². The van der Waals surface area contributed by atoms with Gasteiger partial charge in [0.15, 0.2) is 0 Å². The predicted molar refractivity (Wildman–Crippen MR) is 253 cm³/mol. The number of furan rings is 1. The van der Waals surface area contributed by atoms with Crippen molar-refractivity contribution in [3.05, 3.63) is 237 Å². The summed E-state index contributed by atoms with van der Waals surface area (Å²) in [7, 11) is 0. The number of hydrogen-bond acceptors (Lipinski definition) is 2. The Hall–Kier alpha value is -7.94. The zero-order chi connectivity index (χ0) is 39.8. The van der Waals surface area contributed by atoms with E-state index in [9.17, 15) is 0 Å². The molecule has 2 nitrogen and oxygen atoms in total. The molecule has 0 radical (unpaired) electrons. The number of nitrogens with zero attached hydrogens (tertiary/aromatic N) is 1. The molecule has 0 fully saturated rings. The van der Waals surface area contributed by atoms with Crippen molar-refractivity contribution in [1.82, 2.24) is 0 Å². The molecule has 11 rings (SSSR count). The first-order valence-corrected chi connectivity index (χ1v) is 20.5. The molecule has 0 atom stereocenters. The lowest BCUT2D eigenvalue weighted by Gasteiger charge is -2.26. The third-order valence-electron chi connectivity index (χ3n) is 11.7.